The van der Waals surface area contributed by atoms with Gasteiger partial charge in [0.15, 0.2) is 0 Å². The molecule has 16 heavy (non-hydrogen) atoms. The van der Waals surface area contributed by atoms with E-state index in [9.17, 15) is 5.11 Å². The third-order valence-corrected chi connectivity index (χ3v) is 2.55. The number of nitrogens with zero attached hydrogens (tertiary/aromatic N) is 1. The molecule has 4 nitrogen and oxygen atoms in total. The minimum Gasteiger partial charge on any atom is -0.386 e. The fourth-order valence-corrected chi connectivity index (χ4v) is 1.76. The first kappa shape index (κ1) is 10.7. The van der Waals surface area contributed by atoms with E-state index < -0.39 is 5.60 Å². The summed E-state index contributed by atoms with van der Waals surface area (Å²) in [6, 6.07) is 7.63. The molecule has 4 N–H and O–H groups in total. The minimum absolute atomic E-state index is 0.511. The lowest BCUT2D eigenvalue weighted by molar-refractivity contribution is 0.0792. The van der Waals surface area contributed by atoms with Crippen molar-refractivity contribution in [2.24, 2.45) is 0 Å². The first-order valence-electron chi connectivity index (χ1n) is 5.11. The second kappa shape index (κ2) is 3.64. The number of nitrogens with one attached hydrogen (secondary N) is 1. The van der Waals surface area contributed by atoms with Crippen LogP contribution in [0, 0.1) is 0 Å². The van der Waals surface area contributed by atoms with Gasteiger partial charge in [0.1, 0.15) is 5.82 Å². The standard InChI is InChI=1S/C12H15N3O/c1-12(2,16)10-6-4-3-5-8(10)9-7-14-15-11(9)13/h3-7,16H,1-2H3,(H3,13,14,15). The maximum absolute atomic E-state index is 10.1. The molecule has 84 valence electrons. The Balaban J connectivity index is 2.62. The van der Waals surface area contributed by atoms with Crippen LogP contribution in [0.5, 0.6) is 0 Å². The largest absolute Gasteiger partial charge is 0.386 e. The van der Waals surface area contributed by atoms with E-state index in [1.807, 2.05) is 24.3 Å². The molecule has 0 radical (unpaired) electrons. The topological polar surface area (TPSA) is 74.9 Å². The number of hydrogen-bond acceptors (Lipinski definition) is 3. The van der Waals surface area contributed by atoms with Gasteiger partial charge >= 0.3 is 0 Å². The van der Waals surface area contributed by atoms with Crippen molar-refractivity contribution in [2.75, 3.05) is 5.73 Å². The predicted molar refractivity (Wildman–Crippen MR) is 63.7 cm³/mol. The van der Waals surface area contributed by atoms with Gasteiger partial charge in [0.2, 0.25) is 0 Å². The summed E-state index contributed by atoms with van der Waals surface area (Å²) in [5, 5.41) is 16.7. The van der Waals surface area contributed by atoms with E-state index in [-0.39, 0.29) is 0 Å². The number of nitrogen functional groups attached to an aromatic ring is 1. The summed E-state index contributed by atoms with van der Waals surface area (Å²) < 4.78 is 0. The molecular weight excluding hydrogens is 202 g/mol. The smallest absolute Gasteiger partial charge is 0.126 e. The number of benzene rings is 1. The van der Waals surface area contributed by atoms with Crippen LogP contribution in [0.15, 0.2) is 30.5 Å². The molecule has 1 aromatic heterocycles. The van der Waals surface area contributed by atoms with E-state index in [2.05, 4.69) is 10.2 Å². The van der Waals surface area contributed by atoms with Crippen LogP contribution in [-0.4, -0.2) is 15.3 Å². The molecule has 0 saturated heterocycles. The molecule has 0 saturated carbocycles. The third kappa shape index (κ3) is 1.79. The number of aliphatic hydroxyl groups is 1. The summed E-state index contributed by atoms with van der Waals surface area (Å²) in [5.41, 5.74) is 7.44. The van der Waals surface area contributed by atoms with Gasteiger partial charge in [0.05, 0.1) is 11.8 Å². The number of H-pyrrole nitrogens is 1. The van der Waals surface area contributed by atoms with E-state index in [1.54, 1.807) is 20.0 Å². The van der Waals surface area contributed by atoms with Crippen LogP contribution in [0.25, 0.3) is 11.1 Å². The van der Waals surface area contributed by atoms with E-state index in [4.69, 9.17) is 5.73 Å². The van der Waals surface area contributed by atoms with E-state index in [1.165, 1.54) is 0 Å². The minimum atomic E-state index is -0.902. The van der Waals surface area contributed by atoms with Crippen LogP contribution < -0.4 is 5.73 Å². The van der Waals surface area contributed by atoms with E-state index >= 15 is 0 Å². The van der Waals surface area contributed by atoms with Crippen LogP contribution in [0.2, 0.25) is 0 Å². The van der Waals surface area contributed by atoms with Gasteiger partial charge < -0.3 is 10.8 Å². The number of anilines is 1. The Bertz CT molecular complexity index is 497. The highest BCUT2D eigenvalue weighted by Gasteiger charge is 2.21. The lowest BCUT2D eigenvalue weighted by Crippen LogP contribution is -2.16. The van der Waals surface area contributed by atoms with Crippen LogP contribution in [-0.2, 0) is 5.60 Å². The van der Waals surface area contributed by atoms with Crippen molar-refractivity contribution in [2.45, 2.75) is 19.4 Å². The molecule has 0 aliphatic rings. The molecule has 0 unspecified atom stereocenters. The highest BCUT2D eigenvalue weighted by atomic mass is 16.3. The number of aromatic nitrogens is 2. The van der Waals surface area contributed by atoms with Crippen LogP contribution in [0.3, 0.4) is 0 Å². The van der Waals surface area contributed by atoms with Gasteiger partial charge in [-0.15, -0.1) is 0 Å². The molecule has 0 spiro atoms. The third-order valence-electron chi connectivity index (χ3n) is 2.55. The van der Waals surface area contributed by atoms with Crippen molar-refractivity contribution < 1.29 is 5.11 Å². The van der Waals surface area contributed by atoms with Crippen molar-refractivity contribution in [3.8, 4) is 11.1 Å². The van der Waals surface area contributed by atoms with Gasteiger partial charge in [-0.2, -0.15) is 5.10 Å². The van der Waals surface area contributed by atoms with Crippen LogP contribution in [0.1, 0.15) is 19.4 Å². The summed E-state index contributed by atoms with van der Waals surface area (Å²) >= 11 is 0. The summed E-state index contributed by atoms with van der Waals surface area (Å²) in [5.74, 6) is 0.511. The van der Waals surface area contributed by atoms with Crippen molar-refractivity contribution in [1.29, 1.82) is 0 Å². The molecule has 2 rings (SSSR count). The number of nitrogens with two attached hydrogens (primary N) is 1. The molecule has 2 aromatic rings. The Morgan fingerprint density at radius 3 is 2.50 bits per heavy atom. The lowest BCUT2D eigenvalue weighted by Gasteiger charge is -2.21. The van der Waals surface area contributed by atoms with Crippen molar-refractivity contribution >= 4 is 5.82 Å². The van der Waals surface area contributed by atoms with Gasteiger partial charge in [-0.1, -0.05) is 24.3 Å². The Morgan fingerprint density at radius 2 is 1.94 bits per heavy atom. The summed E-state index contributed by atoms with van der Waals surface area (Å²) in [4.78, 5) is 0. The molecule has 4 heteroatoms. The fraction of sp³-hybridized carbons (Fsp3) is 0.250. The Kier molecular flexibility index (Phi) is 2.44. The van der Waals surface area contributed by atoms with Gasteiger partial charge in [0, 0.05) is 5.56 Å². The zero-order chi connectivity index (χ0) is 11.8. The average Bonchev–Trinajstić information content (AvgIpc) is 2.63. The normalized spacial score (nSPS) is 11.7. The highest BCUT2D eigenvalue weighted by Crippen LogP contribution is 2.33. The first-order chi connectivity index (χ1) is 7.50. The van der Waals surface area contributed by atoms with Crippen molar-refractivity contribution in [3.05, 3.63) is 36.0 Å². The molecule has 0 aliphatic heterocycles. The number of aromatic amines is 1. The van der Waals surface area contributed by atoms with E-state index in [0.717, 1.165) is 16.7 Å². The molecule has 0 bridgehead atoms. The van der Waals surface area contributed by atoms with Crippen molar-refractivity contribution in [1.82, 2.24) is 10.2 Å². The molecule has 1 aromatic carbocycles. The van der Waals surface area contributed by atoms with Gasteiger partial charge in [-0.25, -0.2) is 0 Å². The Labute approximate surface area is 94.1 Å². The molecule has 0 amide bonds. The van der Waals surface area contributed by atoms with Gasteiger partial charge in [-0.05, 0) is 25.0 Å². The van der Waals surface area contributed by atoms with Gasteiger partial charge in [-0.3, -0.25) is 5.10 Å². The molecule has 1 heterocycles. The molecule has 0 atom stereocenters. The predicted octanol–water partition coefficient (Wildman–Crippen LogP) is 1.89. The monoisotopic (exact) mass is 217 g/mol. The number of rotatable bonds is 2. The van der Waals surface area contributed by atoms with Crippen LogP contribution in [0.4, 0.5) is 5.82 Å². The van der Waals surface area contributed by atoms with Gasteiger partial charge in [0.25, 0.3) is 0 Å². The molecule has 0 fully saturated rings. The Hall–Kier alpha value is -1.81. The lowest BCUT2D eigenvalue weighted by atomic mass is 9.90. The summed E-state index contributed by atoms with van der Waals surface area (Å²) in [6.07, 6.45) is 1.67. The second-order valence-electron chi connectivity index (χ2n) is 4.30. The maximum atomic E-state index is 10.1. The van der Waals surface area contributed by atoms with E-state index in [0.29, 0.717) is 5.82 Å². The van der Waals surface area contributed by atoms with Crippen molar-refractivity contribution in [3.63, 3.8) is 0 Å². The summed E-state index contributed by atoms with van der Waals surface area (Å²) in [7, 11) is 0. The summed E-state index contributed by atoms with van der Waals surface area (Å²) in [6.45, 7) is 3.50. The average molecular weight is 217 g/mol. The zero-order valence-electron chi connectivity index (χ0n) is 9.36. The SMILES string of the molecule is CC(C)(O)c1ccccc1-c1cn[nH]c1N. The second-order valence-corrected chi connectivity index (χ2v) is 4.30. The maximum Gasteiger partial charge on any atom is 0.126 e. The Morgan fingerprint density at radius 1 is 1.25 bits per heavy atom. The first-order valence-corrected chi connectivity index (χ1v) is 5.11. The zero-order valence-corrected chi connectivity index (χ0v) is 9.36. The quantitative estimate of drug-likeness (QED) is 0.719. The highest BCUT2D eigenvalue weighted by molar-refractivity contribution is 5.76. The molecule has 0 aliphatic carbocycles. The molecular formula is C12H15N3O. The van der Waals surface area contributed by atoms with Crippen LogP contribution >= 0.6 is 0 Å². The number of hydrogen-bond donors (Lipinski definition) is 3. The fourth-order valence-electron chi connectivity index (χ4n) is 1.76.